The molecule has 0 aliphatic carbocycles. The number of nitrogens with zero attached hydrogens (tertiary/aromatic N) is 2. The summed E-state index contributed by atoms with van der Waals surface area (Å²) in [4.78, 5) is 4.35. The first-order valence-corrected chi connectivity index (χ1v) is 6.07. The Labute approximate surface area is 107 Å². The molecule has 0 saturated carbocycles. The molecule has 0 radical (unpaired) electrons. The molecule has 1 atom stereocenters. The Kier molecular flexibility index (Phi) is 3.99. The van der Waals surface area contributed by atoms with E-state index in [4.69, 9.17) is 10.5 Å². The molecule has 0 amide bonds. The van der Waals surface area contributed by atoms with E-state index in [2.05, 4.69) is 15.6 Å². The maximum atomic E-state index is 5.82. The summed E-state index contributed by atoms with van der Waals surface area (Å²) in [6, 6.07) is 8.18. The van der Waals surface area contributed by atoms with Crippen LogP contribution in [0.2, 0.25) is 0 Å². The Hall–Kier alpha value is -1.81. The standard InChI is InChI=1S/C14H19N3O/c1-11(15)8-14-16-6-7-17(14)10-12-4-3-5-13(9-12)18-2/h3-7,9,11H,8,10,15H2,1-2H3. The Balaban J connectivity index is 2.15. The summed E-state index contributed by atoms with van der Waals surface area (Å²) in [5.74, 6) is 1.90. The van der Waals surface area contributed by atoms with Crippen molar-refractivity contribution in [3.63, 3.8) is 0 Å². The van der Waals surface area contributed by atoms with Crippen LogP contribution in [0.15, 0.2) is 36.7 Å². The summed E-state index contributed by atoms with van der Waals surface area (Å²) < 4.78 is 7.35. The van der Waals surface area contributed by atoms with Crippen LogP contribution in [-0.2, 0) is 13.0 Å². The van der Waals surface area contributed by atoms with E-state index in [1.807, 2.05) is 37.5 Å². The van der Waals surface area contributed by atoms with Crippen LogP contribution in [0, 0.1) is 0 Å². The minimum Gasteiger partial charge on any atom is -0.497 e. The summed E-state index contributed by atoms with van der Waals surface area (Å²) >= 11 is 0. The lowest BCUT2D eigenvalue weighted by atomic mass is 10.2. The van der Waals surface area contributed by atoms with Gasteiger partial charge in [-0.1, -0.05) is 12.1 Å². The molecule has 1 heterocycles. The Morgan fingerprint density at radius 2 is 2.28 bits per heavy atom. The second-order valence-corrected chi connectivity index (χ2v) is 4.50. The molecule has 0 aliphatic heterocycles. The second-order valence-electron chi connectivity index (χ2n) is 4.50. The molecule has 0 saturated heterocycles. The molecule has 1 aromatic carbocycles. The molecule has 0 spiro atoms. The number of imidazole rings is 1. The van der Waals surface area contributed by atoms with E-state index in [1.165, 1.54) is 5.56 Å². The van der Waals surface area contributed by atoms with Gasteiger partial charge in [0.15, 0.2) is 0 Å². The molecule has 2 rings (SSSR count). The lowest BCUT2D eigenvalue weighted by Gasteiger charge is -2.10. The van der Waals surface area contributed by atoms with Crippen molar-refractivity contribution in [3.8, 4) is 5.75 Å². The zero-order valence-electron chi connectivity index (χ0n) is 10.8. The minimum absolute atomic E-state index is 0.122. The average molecular weight is 245 g/mol. The van der Waals surface area contributed by atoms with Crippen LogP contribution in [0.1, 0.15) is 18.3 Å². The van der Waals surface area contributed by atoms with Gasteiger partial charge in [0, 0.05) is 31.4 Å². The fraction of sp³-hybridized carbons (Fsp3) is 0.357. The highest BCUT2D eigenvalue weighted by Crippen LogP contribution is 2.14. The average Bonchev–Trinajstić information content (AvgIpc) is 2.76. The van der Waals surface area contributed by atoms with Crippen LogP contribution >= 0.6 is 0 Å². The number of ether oxygens (including phenoxy) is 1. The number of methoxy groups -OCH3 is 1. The van der Waals surface area contributed by atoms with Crippen molar-refractivity contribution in [3.05, 3.63) is 48.0 Å². The highest BCUT2D eigenvalue weighted by atomic mass is 16.5. The molecule has 2 N–H and O–H groups in total. The molecule has 1 unspecified atom stereocenters. The van der Waals surface area contributed by atoms with E-state index >= 15 is 0 Å². The molecular formula is C14H19N3O. The normalized spacial score (nSPS) is 12.4. The molecule has 0 fully saturated rings. The molecule has 0 bridgehead atoms. The van der Waals surface area contributed by atoms with Gasteiger partial charge in [0.1, 0.15) is 11.6 Å². The van der Waals surface area contributed by atoms with Gasteiger partial charge >= 0.3 is 0 Å². The quantitative estimate of drug-likeness (QED) is 0.874. The topological polar surface area (TPSA) is 53.1 Å². The van der Waals surface area contributed by atoms with Gasteiger partial charge in [-0.25, -0.2) is 4.98 Å². The van der Waals surface area contributed by atoms with Crippen molar-refractivity contribution in [1.82, 2.24) is 9.55 Å². The monoisotopic (exact) mass is 245 g/mol. The molecule has 1 aromatic heterocycles. The maximum Gasteiger partial charge on any atom is 0.119 e. The van der Waals surface area contributed by atoms with Crippen LogP contribution in [0.3, 0.4) is 0 Å². The van der Waals surface area contributed by atoms with E-state index in [0.717, 1.165) is 24.5 Å². The third kappa shape index (κ3) is 3.11. The zero-order valence-corrected chi connectivity index (χ0v) is 10.8. The predicted molar refractivity (Wildman–Crippen MR) is 71.7 cm³/mol. The first-order chi connectivity index (χ1) is 8.69. The Morgan fingerprint density at radius 3 is 3.00 bits per heavy atom. The van der Waals surface area contributed by atoms with Gasteiger partial charge in [-0.15, -0.1) is 0 Å². The lowest BCUT2D eigenvalue weighted by molar-refractivity contribution is 0.414. The van der Waals surface area contributed by atoms with Crippen LogP contribution in [0.25, 0.3) is 0 Å². The third-order valence-electron chi connectivity index (χ3n) is 2.79. The summed E-state index contributed by atoms with van der Waals surface area (Å²) in [6.07, 6.45) is 4.59. The Bertz CT molecular complexity index is 505. The molecule has 2 aromatic rings. The fourth-order valence-electron chi connectivity index (χ4n) is 1.93. The van der Waals surface area contributed by atoms with Gasteiger partial charge in [-0.3, -0.25) is 0 Å². The number of benzene rings is 1. The molecule has 96 valence electrons. The van der Waals surface area contributed by atoms with E-state index in [0.29, 0.717) is 0 Å². The van der Waals surface area contributed by atoms with Gasteiger partial charge < -0.3 is 15.0 Å². The van der Waals surface area contributed by atoms with E-state index < -0.39 is 0 Å². The highest BCUT2D eigenvalue weighted by Gasteiger charge is 2.06. The van der Waals surface area contributed by atoms with E-state index in [-0.39, 0.29) is 6.04 Å². The third-order valence-corrected chi connectivity index (χ3v) is 2.79. The van der Waals surface area contributed by atoms with Gasteiger partial charge in [0.25, 0.3) is 0 Å². The van der Waals surface area contributed by atoms with Crippen molar-refractivity contribution < 1.29 is 4.74 Å². The van der Waals surface area contributed by atoms with Crippen LogP contribution in [-0.4, -0.2) is 22.7 Å². The van der Waals surface area contributed by atoms with Crippen molar-refractivity contribution in [2.24, 2.45) is 5.73 Å². The summed E-state index contributed by atoms with van der Waals surface area (Å²) in [5.41, 5.74) is 7.01. The highest BCUT2D eigenvalue weighted by molar-refractivity contribution is 5.28. The van der Waals surface area contributed by atoms with Crippen molar-refractivity contribution >= 4 is 0 Å². The van der Waals surface area contributed by atoms with Gasteiger partial charge in [-0.2, -0.15) is 0 Å². The number of hydrogen-bond donors (Lipinski definition) is 1. The first kappa shape index (κ1) is 12.6. The second kappa shape index (κ2) is 5.69. The SMILES string of the molecule is COc1cccc(Cn2ccnc2CC(C)N)c1. The van der Waals surface area contributed by atoms with Crippen molar-refractivity contribution in [2.75, 3.05) is 7.11 Å². The Morgan fingerprint density at radius 1 is 1.44 bits per heavy atom. The fourth-order valence-corrected chi connectivity index (χ4v) is 1.93. The van der Waals surface area contributed by atoms with Gasteiger partial charge in [0.2, 0.25) is 0 Å². The predicted octanol–water partition coefficient (Wildman–Crippen LogP) is 1.83. The van der Waals surface area contributed by atoms with Gasteiger partial charge in [0.05, 0.1) is 7.11 Å². The van der Waals surface area contributed by atoms with Gasteiger partial charge in [-0.05, 0) is 24.6 Å². The van der Waals surface area contributed by atoms with Crippen molar-refractivity contribution in [1.29, 1.82) is 0 Å². The lowest BCUT2D eigenvalue weighted by Crippen LogP contribution is -2.20. The van der Waals surface area contributed by atoms with Crippen LogP contribution < -0.4 is 10.5 Å². The number of hydrogen-bond acceptors (Lipinski definition) is 3. The largest absolute Gasteiger partial charge is 0.497 e. The van der Waals surface area contributed by atoms with Crippen LogP contribution in [0.5, 0.6) is 5.75 Å². The number of rotatable bonds is 5. The molecule has 0 aliphatic rings. The van der Waals surface area contributed by atoms with Crippen LogP contribution in [0.4, 0.5) is 0 Å². The number of nitrogens with two attached hydrogens (primary N) is 1. The van der Waals surface area contributed by atoms with E-state index in [9.17, 15) is 0 Å². The zero-order chi connectivity index (χ0) is 13.0. The van der Waals surface area contributed by atoms with Crippen molar-refractivity contribution in [2.45, 2.75) is 25.9 Å². The smallest absolute Gasteiger partial charge is 0.119 e. The molecule has 4 heteroatoms. The van der Waals surface area contributed by atoms with E-state index in [1.54, 1.807) is 7.11 Å². The molecule has 18 heavy (non-hydrogen) atoms. The first-order valence-electron chi connectivity index (χ1n) is 6.07. The molecule has 4 nitrogen and oxygen atoms in total. The molecular weight excluding hydrogens is 226 g/mol. The summed E-state index contributed by atoms with van der Waals surface area (Å²) in [6.45, 7) is 2.78. The maximum absolute atomic E-state index is 5.82. The minimum atomic E-state index is 0.122. The number of aromatic nitrogens is 2. The summed E-state index contributed by atoms with van der Waals surface area (Å²) in [7, 11) is 1.68. The summed E-state index contributed by atoms with van der Waals surface area (Å²) in [5, 5.41) is 0.